The molecule has 0 saturated heterocycles. The van der Waals surface area contributed by atoms with Gasteiger partial charge in [0, 0.05) is 17.8 Å². The van der Waals surface area contributed by atoms with Crippen LogP contribution in [-0.2, 0) is 4.79 Å². The van der Waals surface area contributed by atoms with Crippen LogP contribution in [0.5, 0.6) is 5.75 Å². The van der Waals surface area contributed by atoms with E-state index in [1.54, 1.807) is 0 Å². The first kappa shape index (κ1) is 19.4. The van der Waals surface area contributed by atoms with Crippen LogP contribution in [0.3, 0.4) is 0 Å². The highest BCUT2D eigenvalue weighted by Gasteiger charge is 2.41. The lowest BCUT2D eigenvalue weighted by atomic mass is 9.94. The predicted molar refractivity (Wildman–Crippen MR) is 88.6 cm³/mol. The third-order valence-corrected chi connectivity index (χ3v) is 4.79. The number of hydrogen-bond donors (Lipinski definition) is 2. The van der Waals surface area contributed by atoms with Crippen LogP contribution in [0.2, 0.25) is 0 Å². The molecule has 0 spiro atoms. The summed E-state index contributed by atoms with van der Waals surface area (Å²) < 4.78 is 42.4. The molecule has 6 nitrogen and oxygen atoms in total. The first-order valence-electron chi connectivity index (χ1n) is 8.83. The van der Waals surface area contributed by atoms with Gasteiger partial charge in [-0.15, -0.1) is 0 Å². The van der Waals surface area contributed by atoms with Gasteiger partial charge in [0.1, 0.15) is 17.0 Å². The van der Waals surface area contributed by atoms with Crippen LogP contribution in [0.25, 0.3) is 0 Å². The highest BCUT2D eigenvalue weighted by molar-refractivity contribution is 5.96. The van der Waals surface area contributed by atoms with Gasteiger partial charge in [0.05, 0.1) is 0 Å². The molecule has 27 heavy (non-hydrogen) atoms. The van der Waals surface area contributed by atoms with Crippen molar-refractivity contribution in [1.82, 2.24) is 10.3 Å². The molecule has 0 bridgehead atoms. The van der Waals surface area contributed by atoms with E-state index in [0.29, 0.717) is 12.0 Å². The highest BCUT2D eigenvalue weighted by atomic mass is 19.4. The minimum absolute atomic E-state index is 0.0332. The number of alkyl halides is 3. The summed E-state index contributed by atoms with van der Waals surface area (Å²) in [5, 5.41) is 11.9. The lowest BCUT2D eigenvalue weighted by molar-refractivity contribution is -0.153. The molecule has 0 aromatic carbocycles. The van der Waals surface area contributed by atoms with Gasteiger partial charge in [-0.3, -0.25) is 9.78 Å². The average Bonchev–Trinajstić information content (AvgIpc) is 3.46. The number of amides is 1. The van der Waals surface area contributed by atoms with E-state index in [1.807, 2.05) is 0 Å². The number of carbonyl (C=O) groups excluding carboxylic acids is 1. The SMILES string of the molecule is CC(CC1CC1)(NC(=O)c1cc(OCC(F)(F)F)c(C2CC2)cn1)C(=O)O. The molecule has 1 aromatic heterocycles. The summed E-state index contributed by atoms with van der Waals surface area (Å²) >= 11 is 0. The Kier molecular flexibility index (Phi) is 5.05. The van der Waals surface area contributed by atoms with Crippen LogP contribution >= 0.6 is 0 Å². The van der Waals surface area contributed by atoms with Crippen LogP contribution in [0, 0.1) is 5.92 Å². The maximum absolute atomic E-state index is 12.5. The van der Waals surface area contributed by atoms with Gasteiger partial charge in [-0.05, 0) is 38.0 Å². The van der Waals surface area contributed by atoms with Crippen LogP contribution < -0.4 is 10.1 Å². The first-order chi connectivity index (χ1) is 12.6. The Morgan fingerprint density at radius 3 is 2.48 bits per heavy atom. The standard InChI is InChI=1S/C18H21F3N2O4/c1-17(16(25)26,7-10-2-3-10)23-15(24)13-6-14(27-9-18(19,20)21)12(8-22-13)11-4-5-11/h6,8,10-11H,2-5,7,9H2,1H3,(H,23,24)(H,25,26). The van der Waals surface area contributed by atoms with Gasteiger partial charge in [-0.2, -0.15) is 13.2 Å². The number of nitrogens with one attached hydrogen (secondary N) is 1. The van der Waals surface area contributed by atoms with Gasteiger partial charge in [0.25, 0.3) is 5.91 Å². The molecule has 1 atom stereocenters. The molecule has 1 heterocycles. The van der Waals surface area contributed by atoms with E-state index in [2.05, 4.69) is 10.3 Å². The summed E-state index contributed by atoms with van der Waals surface area (Å²) in [6, 6.07) is 1.16. The lowest BCUT2D eigenvalue weighted by Gasteiger charge is -2.26. The van der Waals surface area contributed by atoms with Gasteiger partial charge in [0.15, 0.2) is 6.61 Å². The number of carboxylic acid groups (broad SMARTS) is 1. The number of nitrogens with zero attached hydrogens (tertiary/aromatic N) is 1. The molecule has 1 unspecified atom stereocenters. The minimum Gasteiger partial charge on any atom is -0.484 e. The van der Waals surface area contributed by atoms with Crippen LogP contribution in [0.15, 0.2) is 12.3 Å². The van der Waals surface area contributed by atoms with Crippen molar-refractivity contribution in [3.63, 3.8) is 0 Å². The second-order valence-electron chi connectivity index (χ2n) is 7.52. The summed E-state index contributed by atoms with van der Waals surface area (Å²) in [6.45, 7) is -0.0441. The monoisotopic (exact) mass is 386 g/mol. The Morgan fingerprint density at radius 2 is 1.96 bits per heavy atom. The molecule has 9 heteroatoms. The fourth-order valence-corrected chi connectivity index (χ4v) is 2.96. The predicted octanol–water partition coefficient (Wildman–Crippen LogP) is 3.27. The van der Waals surface area contributed by atoms with Gasteiger partial charge < -0.3 is 15.2 Å². The van der Waals surface area contributed by atoms with E-state index in [1.165, 1.54) is 13.1 Å². The van der Waals surface area contributed by atoms with Crippen LogP contribution in [-0.4, -0.2) is 40.3 Å². The molecule has 2 saturated carbocycles. The summed E-state index contributed by atoms with van der Waals surface area (Å²) in [4.78, 5) is 28.1. The number of rotatable bonds is 8. The van der Waals surface area contributed by atoms with Crippen molar-refractivity contribution in [2.24, 2.45) is 5.92 Å². The van der Waals surface area contributed by atoms with Crippen molar-refractivity contribution < 1.29 is 32.6 Å². The Bertz CT molecular complexity index is 745. The molecule has 2 N–H and O–H groups in total. The summed E-state index contributed by atoms with van der Waals surface area (Å²) in [6.07, 6.45) is 0.634. The van der Waals surface area contributed by atoms with Crippen molar-refractivity contribution in [3.8, 4) is 5.75 Å². The maximum atomic E-state index is 12.5. The van der Waals surface area contributed by atoms with Gasteiger partial charge >= 0.3 is 12.1 Å². The molecule has 1 amide bonds. The number of pyridine rings is 1. The van der Waals surface area contributed by atoms with E-state index in [4.69, 9.17) is 4.74 Å². The molecule has 0 aliphatic heterocycles. The Labute approximate surface area is 154 Å². The summed E-state index contributed by atoms with van der Waals surface area (Å²) in [5.41, 5.74) is -1.09. The largest absolute Gasteiger partial charge is 0.484 e. The number of hydrogen-bond acceptors (Lipinski definition) is 4. The second kappa shape index (κ2) is 7.01. The van der Waals surface area contributed by atoms with Crippen molar-refractivity contribution >= 4 is 11.9 Å². The fraction of sp³-hybridized carbons (Fsp3) is 0.611. The number of ether oxygens (including phenoxy) is 1. The number of carbonyl (C=O) groups is 2. The van der Waals surface area contributed by atoms with E-state index in [0.717, 1.165) is 31.7 Å². The van der Waals surface area contributed by atoms with Crippen LogP contribution in [0.1, 0.15) is 61.0 Å². The quantitative estimate of drug-likeness (QED) is 0.716. The second-order valence-corrected chi connectivity index (χ2v) is 7.52. The smallest absolute Gasteiger partial charge is 0.422 e. The maximum Gasteiger partial charge on any atom is 0.422 e. The lowest BCUT2D eigenvalue weighted by Crippen LogP contribution is -2.52. The molecule has 1 aromatic rings. The van der Waals surface area contributed by atoms with Crippen molar-refractivity contribution in [1.29, 1.82) is 0 Å². The zero-order valence-electron chi connectivity index (χ0n) is 14.8. The van der Waals surface area contributed by atoms with E-state index >= 15 is 0 Å². The molecular formula is C18H21F3N2O4. The Morgan fingerprint density at radius 1 is 1.30 bits per heavy atom. The van der Waals surface area contributed by atoms with Crippen LogP contribution in [0.4, 0.5) is 13.2 Å². The summed E-state index contributed by atoms with van der Waals surface area (Å²) in [7, 11) is 0. The van der Waals surface area contributed by atoms with E-state index in [9.17, 15) is 27.9 Å². The van der Waals surface area contributed by atoms with Gasteiger partial charge in [-0.1, -0.05) is 12.8 Å². The molecule has 2 aliphatic rings. The first-order valence-corrected chi connectivity index (χ1v) is 8.83. The average molecular weight is 386 g/mol. The topological polar surface area (TPSA) is 88.5 Å². The summed E-state index contributed by atoms with van der Waals surface area (Å²) in [5.74, 6) is -1.61. The number of halogens is 3. The van der Waals surface area contributed by atoms with Crippen molar-refractivity contribution in [2.75, 3.05) is 6.61 Å². The molecule has 3 rings (SSSR count). The highest BCUT2D eigenvalue weighted by Crippen LogP contribution is 2.44. The fourth-order valence-electron chi connectivity index (χ4n) is 2.96. The Hall–Kier alpha value is -2.32. The third-order valence-electron chi connectivity index (χ3n) is 4.79. The number of aromatic nitrogens is 1. The molecule has 2 aliphatic carbocycles. The third kappa shape index (κ3) is 5.11. The molecule has 2 fully saturated rings. The molecule has 148 valence electrons. The number of carboxylic acids is 1. The van der Waals surface area contributed by atoms with E-state index in [-0.39, 0.29) is 23.3 Å². The molecule has 0 radical (unpaired) electrons. The molecular weight excluding hydrogens is 365 g/mol. The minimum atomic E-state index is -4.50. The van der Waals surface area contributed by atoms with Crippen molar-refractivity contribution in [2.45, 2.75) is 56.7 Å². The normalized spacial score (nSPS) is 19.3. The van der Waals surface area contributed by atoms with Gasteiger partial charge in [0.2, 0.25) is 0 Å². The zero-order chi connectivity index (χ0) is 19.8. The number of aliphatic carboxylic acids is 1. The van der Waals surface area contributed by atoms with Crippen molar-refractivity contribution in [3.05, 3.63) is 23.5 Å². The zero-order valence-corrected chi connectivity index (χ0v) is 14.8. The van der Waals surface area contributed by atoms with Gasteiger partial charge in [-0.25, -0.2) is 4.79 Å². The van der Waals surface area contributed by atoms with E-state index < -0.39 is 30.2 Å². The Balaban J connectivity index is 1.78.